The predicted octanol–water partition coefficient (Wildman–Crippen LogP) is 3.72. The van der Waals surface area contributed by atoms with E-state index in [2.05, 4.69) is 51.0 Å². The molecule has 1 fully saturated rings. The number of hydrogen-bond acceptors (Lipinski definition) is 3. The van der Waals surface area contributed by atoms with Crippen molar-refractivity contribution in [3.63, 3.8) is 0 Å². The number of aromatic nitrogens is 2. The van der Waals surface area contributed by atoms with Crippen molar-refractivity contribution >= 4 is 22.4 Å². The Morgan fingerprint density at radius 1 is 1.26 bits per heavy atom. The van der Waals surface area contributed by atoms with Crippen LogP contribution in [0.15, 0.2) is 35.7 Å². The van der Waals surface area contributed by atoms with Gasteiger partial charge in [-0.25, -0.2) is 4.98 Å². The summed E-state index contributed by atoms with van der Waals surface area (Å²) in [4.78, 5) is 9.28. The van der Waals surface area contributed by atoms with E-state index in [1.165, 1.54) is 23.3 Å². The fourth-order valence-corrected chi connectivity index (χ4v) is 3.41. The van der Waals surface area contributed by atoms with Crippen molar-refractivity contribution in [2.75, 3.05) is 6.54 Å². The first-order valence-electron chi connectivity index (χ1n) is 6.67. The number of nitrogens with one attached hydrogen (secondary N) is 2. The van der Waals surface area contributed by atoms with Gasteiger partial charge in [-0.15, -0.1) is 11.3 Å². The normalized spacial score (nSPS) is 19.3. The van der Waals surface area contributed by atoms with E-state index >= 15 is 0 Å². The van der Waals surface area contributed by atoms with E-state index in [0.717, 1.165) is 23.4 Å². The largest absolute Gasteiger partial charge is 0.337 e. The van der Waals surface area contributed by atoms with Crippen molar-refractivity contribution < 1.29 is 0 Å². The van der Waals surface area contributed by atoms with Crippen molar-refractivity contribution in [3.05, 3.63) is 41.3 Å². The third-order valence-electron chi connectivity index (χ3n) is 3.72. The van der Waals surface area contributed by atoms with Crippen molar-refractivity contribution in [1.82, 2.24) is 15.3 Å². The van der Waals surface area contributed by atoms with Crippen molar-refractivity contribution in [1.29, 1.82) is 0 Å². The molecule has 2 aromatic heterocycles. The van der Waals surface area contributed by atoms with Gasteiger partial charge in [0.2, 0.25) is 0 Å². The minimum atomic E-state index is 0.512. The predicted molar refractivity (Wildman–Crippen MR) is 79.4 cm³/mol. The Bertz CT molecular complexity index is 693. The molecule has 0 saturated carbocycles. The van der Waals surface area contributed by atoms with Gasteiger partial charge in [0.05, 0.1) is 15.9 Å². The molecule has 0 bridgehead atoms. The molecule has 1 aromatic carbocycles. The molecule has 96 valence electrons. The molecule has 0 amide bonds. The van der Waals surface area contributed by atoms with E-state index < -0.39 is 0 Å². The second-order valence-corrected chi connectivity index (χ2v) is 5.94. The van der Waals surface area contributed by atoms with Crippen LogP contribution < -0.4 is 5.32 Å². The van der Waals surface area contributed by atoms with Crippen LogP contribution in [0.3, 0.4) is 0 Å². The Hall–Kier alpha value is -1.65. The molecule has 0 aliphatic carbocycles. The summed E-state index contributed by atoms with van der Waals surface area (Å²) in [5, 5.41) is 5.62. The summed E-state index contributed by atoms with van der Waals surface area (Å²) in [5.74, 6) is 0.974. The van der Waals surface area contributed by atoms with Crippen LogP contribution in [0, 0.1) is 0 Å². The highest BCUT2D eigenvalue weighted by Gasteiger charge is 2.17. The third-order valence-corrected chi connectivity index (χ3v) is 4.60. The van der Waals surface area contributed by atoms with Crippen LogP contribution in [-0.2, 0) is 0 Å². The smallest absolute Gasteiger partial charge is 0.148 e. The van der Waals surface area contributed by atoms with E-state index in [-0.39, 0.29) is 0 Å². The number of imidazole rings is 1. The monoisotopic (exact) mass is 269 g/mol. The number of aromatic amines is 1. The van der Waals surface area contributed by atoms with Crippen LogP contribution in [-0.4, -0.2) is 16.5 Å². The minimum absolute atomic E-state index is 0.512. The van der Waals surface area contributed by atoms with Gasteiger partial charge in [0.15, 0.2) is 0 Å². The van der Waals surface area contributed by atoms with Gasteiger partial charge in [0.1, 0.15) is 5.82 Å². The lowest BCUT2D eigenvalue weighted by atomic mass is 10.1. The number of nitrogens with zero attached hydrogens (tertiary/aromatic N) is 1. The van der Waals surface area contributed by atoms with Crippen LogP contribution in [0.5, 0.6) is 0 Å². The molecule has 4 heteroatoms. The molecule has 1 unspecified atom stereocenters. The molecule has 0 spiro atoms. The first kappa shape index (κ1) is 11.2. The average molecular weight is 269 g/mol. The van der Waals surface area contributed by atoms with Gasteiger partial charge in [-0.2, -0.15) is 0 Å². The van der Waals surface area contributed by atoms with Crippen molar-refractivity contribution in [2.24, 2.45) is 0 Å². The van der Waals surface area contributed by atoms with Crippen LogP contribution in [0.4, 0.5) is 0 Å². The second kappa shape index (κ2) is 4.47. The van der Waals surface area contributed by atoms with E-state index in [0.29, 0.717) is 6.04 Å². The number of fused-ring (bicyclic) bond motifs is 1. The van der Waals surface area contributed by atoms with Gasteiger partial charge >= 0.3 is 0 Å². The summed E-state index contributed by atoms with van der Waals surface area (Å²) >= 11 is 1.71. The first-order valence-corrected chi connectivity index (χ1v) is 7.55. The molecule has 1 aliphatic heterocycles. The third kappa shape index (κ3) is 1.97. The molecular formula is C15H15N3S. The Morgan fingerprint density at radius 2 is 2.26 bits per heavy atom. The van der Waals surface area contributed by atoms with E-state index in [1.54, 1.807) is 11.3 Å². The number of H-pyrrole nitrogens is 1. The molecule has 3 heterocycles. The average Bonchev–Trinajstić information content (AvgIpc) is 3.18. The van der Waals surface area contributed by atoms with Gasteiger partial charge in [-0.1, -0.05) is 12.1 Å². The SMILES string of the molecule is c1csc(-c2nc3ccc(C4CCCN4)cc3[nH]2)c1. The molecule has 1 aliphatic rings. The lowest BCUT2D eigenvalue weighted by molar-refractivity contribution is 0.648. The lowest BCUT2D eigenvalue weighted by Gasteiger charge is -2.09. The molecule has 3 aromatic rings. The molecule has 2 N–H and O–H groups in total. The maximum atomic E-state index is 4.66. The standard InChI is InChI=1S/C15H15N3S/c1-3-11(16-7-1)10-5-6-12-13(9-10)18-15(17-12)14-4-2-8-19-14/h2,4-6,8-9,11,16H,1,3,7H2,(H,17,18). The second-order valence-electron chi connectivity index (χ2n) is 4.99. The summed E-state index contributed by atoms with van der Waals surface area (Å²) in [5.41, 5.74) is 3.55. The van der Waals surface area contributed by atoms with Crippen LogP contribution in [0.1, 0.15) is 24.4 Å². The van der Waals surface area contributed by atoms with E-state index in [1.807, 2.05) is 0 Å². The number of thiophene rings is 1. The van der Waals surface area contributed by atoms with Gasteiger partial charge in [0.25, 0.3) is 0 Å². The Balaban J connectivity index is 1.77. The molecule has 4 rings (SSSR count). The highest BCUT2D eigenvalue weighted by atomic mass is 32.1. The molecule has 1 atom stereocenters. The Labute approximate surface area is 115 Å². The Kier molecular flexibility index (Phi) is 2.64. The van der Waals surface area contributed by atoms with Gasteiger partial charge < -0.3 is 10.3 Å². The summed E-state index contributed by atoms with van der Waals surface area (Å²) in [7, 11) is 0. The maximum absolute atomic E-state index is 4.66. The number of benzene rings is 1. The number of hydrogen-bond donors (Lipinski definition) is 2. The molecule has 0 radical (unpaired) electrons. The number of rotatable bonds is 2. The van der Waals surface area contributed by atoms with E-state index in [4.69, 9.17) is 0 Å². The van der Waals surface area contributed by atoms with Crippen LogP contribution in [0.2, 0.25) is 0 Å². The van der Waals surface area contributed by atoms with Crippen LogP contribution >= 0.6 is 11.3 Å². The molecule has 19 heavy (non-hydrogen) atoms. The van der Waals surface area contributed by atoms with E-state index in [9.17, 15) is 0 Å². The summed E-state index contributed by atoms with van der Waals surface area (Å²) in [6.45, 7) is 1.13. The first-order chi connectivity index (χ1) is 9.40. The zero-order chi connectivity index (χ0) is 12.7. The quantitative estimate of drug-likeness (QED) is 0.744. The Morgan fingerprint density at radius 3 is 3.05 bits per heavy atom. The molecule has 1 saturated heterocycles. The van der Waals surface area contributed by atoms with Gasteiger partial charge in [-0.3, -0.25) is 0 Å². The van der Waals surface area contributed by atoms with Gasteiger partial charge in [-0.05, 0) is 48.5 Å². The molecular weight excluding hydrogens is 254 g/mol. The fourth-order valence-electron chi connectivity index (χ4n) is 2.74. The summed E-state index contributed by atoms with van der Waals surface area (Å²) in [6, 6.07) is 11.2. The highest BCUT2D eigenvalue weighted by Crippen LogP contribution is 2.28. The minimum Gasteiger partial charge on any atom is -0.337 e. The lowest BCUT2D eigenvalue weighted by Crippen LogP contribution is -2.12. The topological polar surface area (TPSA) is 40.7 Å². The maximum Gasteiger partial charge on any atom is 0.148 e. The molecule has 3 nitrogen and oxygen atoms in total. The summed E-state index contributed by atoms with van der Waals surface area (Å²) < 4.78 is 0. The highest BCUT2D eigenvalue weighted by molar-refractivity contribution is 7.13. The zero-order valence-electron chi connectivity index (χ0n) is 10.5. The van der Waals surface area contributed by atoms with Gasteiger partial charge in [0, 0.05) is 6.04 Å². The fraction of sp³-hybridized carbons (Fsp3) is 0.267. The van der Waals surface area contributed by atoms with Crippen LogP contribution in [0.25, 0.3) is 21.7 Å². The summed E-state index contributed by atoms with van der Waals surface area (Å²) in [6.07, 6.45) is 2.50. The van der Waals surface area contributed by atoms with Crippen molar-refractivity contribution in [2.45, 2.75) is 18.9 Å². The van der Waals surface area contributed by atoms with Crippen molar-refractivity contribution in [3.8, 4) is 10.7 Å². The zero-order valence-corrected chi connectivity index (χ0v) is 11.3.